The molecular weight excluding hydrogens is 748 g/mol. The van der Waals surface area contributed by atoms with Crippen molar-refractivity contribution in [2.75, 3.05) is 33.0 Å². The maximum atomic E-state index is 11.3. The number of aliphatic hydroxyl groups excluding tert-OH is 16. The summed E-state index contributed by atoms with van der Waals surface area (Å²) in [5.74, 6) is 0. The number of aliphatic hydroxyl groups is 16. The van der Waals surface area contributed by atoms with Crippen molar-refractivity contribution in [2.24, 2.45) is 0 Å². The van der Waals surface area contributed by atoms with Gasteiger partial charge in [-0.1, -0.05) is 0 Å². The van der Waals surface area contributed by atoms with Crippen LogP contribution >= 0.6 is 0 Å². The van der Waals surface area contributed by atoms with E-state index in [2.05, 4.69) is 0 Å². The molecule has 0 bridgehead atoms. The summed E-state index contributed by atoms with van der Waals surface area (Å²) in [6.45, 7) is -4.27. The number of hydrogen-bond donors (Lipinski definition) is 16. The SMILES string of the molecule is OC[C@H]1O[C@@H](O[C@@H]2[C@H](O)[C@@H](O)[C@H](O[C@H]3[C@H](O[C@@H]4[C@H](O)[C@@H](O)[C@H](O)O[C@@H]4CO)O[C@H](CO)[C@@H](O)[C@@H]3O[C@@H]3OC[C@@H](O)[C@H](O)[C@H]3O)O[C@@H]2CO)[C@H](O)[C@@H](O)[C@@H]1O. The first kappa shape index (κ1) is 44.1. The average molecular weight is 799 g/mol. The van der Waals surface area contributed by atoms with E-state index in [0.717, 1.165) is 0 Å². The number of hydrogen-bond acceptors (Lipinski definition) is 25. The summed E-state index contributed by atoms with van der Waals surface area (Å²) >= 11 is 0. The Bertz CT molecular complexity index is 1150. The van der Waals surface area contributed by atoms with Crippen LogP contribution in [-0.4, -0.2) is 262 Å². The summed E-state index contributed by atoms with van der Waals surface area (Å²) in [5, 5.41) is 166. The minimum absolute atomic E-state index is 0.578. The molecule has 5 rings (SSSR count). The van der Waals surface area contributed by atoms with Crippen LogP contribution in [0, 0.1) is 0 Å². The zero-order valence-electron chi connectivity index (χ0n) is 28.2. The highest BCUT2D eigenvalue weighted by Crippen LogP contribution is 2.36. The maximum Gasteiger partial charge on any atom is 0.187 e. The lowest BCUT2D eigenvalue weighted by atomic mass is 9.95. The van der Waals surface area contributed by atoms with Crippen molar-refractivity contribution in [3.05, 3.63) is 0 Å². The van der Waals surface area contributed by atoms with E-state index in [1.54, 1.807) is 0 Å². The van der Waals surface area contributed by atoms with E-state index in [9.17, 15) is 81.7 Å². The van der Waals surface area contributed by atoms with E-state index in [4.69, 9.17) is 42.6 Å². The van der Waals surface area contributed by atoms with Crippen LogP contribution in [0.4, 0.5) is 0 Å². The molecule has 0 unspecified atom stereocenters. The van der Waals surface area contributed by atoms with Gasteiger partial charge in [0.05, 0.1) is 33.0 Å². The van der Waals surface area contributed by atoms with Gasteiger partial charge in [0.25, 0.3) is 0 Å². The van der Waals surface area contributed by atoms with Gasteiger partial charge in [-0.25, -0.2) is 0 Å². The highest BCUT2D eigenvalue weighted by molar-refractivity contribution is 4.99. The molecule has 0 aliphatic carbocycles. The molecule has 0 aromatic carbocycles. The van der Waals surface area contributed by atoms with Gasteiger partial charge in [-0.05, 0) is 0 Å². The Morgan fingerprint density at radius 2 is 0.778 bits per heavy atom. The minimum atomic E-state index is -2.18. The summed E-state index contributed by atoms with van der Waals surface area (Å²) in [7, 11) is 0. The summed E-state index contributed by atoms with van der Waals surface area (Å²) < 4.78 is 50.2. The highest BCUT2D eigenvalue weighted by atomic mass is 16.8. The monoisotopic (exact) mass is 798 g/mol. The summed E-state index contributed by atoms with van der Waals surface area (Å²) in [6.07, 6.45) is -44.7. The largest absolute Gasteiger partial charge is 0.394 e. The van der Waals surface area contributed by atoms with Crippen LogP contribution in [0.2, 0.25) is 0 Å². The van der Waals surface area contributed by atoms with Crippen molar-refractivity contribution in [1.82, 2.24) is 0 Å². The third-order valence-corrected chi connectivity index (χ3v) is 9.93. The summed E-state index contributed by atoms with van der Waals surface area (Å²) in [5.41, 5.74) is 0. The molecule has 0 saturated carbocycles. The molecule has 5 saturated heterocycles. The van der Waals surface area contributed by atoms with Crippen LogP contribution in [0.3, 0.4) is 0 Å². The van der Waals surface area contributed by atoms with Gasteiger partial charge in [0.15, 0.2) is 31.5 Å². The Labute approximate surface area is 305 Å². The van der Waals surface area contributed by atoms with Gasteiger partial charge in [-0.3, -0.25) is 0 Å². The van der Waals surface area contributed by atoms with Crippen molar-refractivity contribution < 1.29 is 124 Å². The predicted octanol–water partition coefficient (Wildman–Crippen LogP) is -11.3. The molecule has 16 N–H and O–H groups in total. The Kier molecular flexibility index (Phi) is 15.3. The fourth-order valence-electron chi connectivity index (χ4n) is 6.72. The molecule has 5 fully saturated rings. The fraction of sp³-hybridized carbons (Fsp3) is 1.00. The van der Waals surface area contributed by atoms with Gasteiger partial charge in [-0.2, -0.15) is 0 Å². The molecule has 316 valence electrons. The smallest absolute Gasteiger partial charge is 0.187 e. The second kappa shape index (κ2) is 18.7. The normalized spacial score (nSPS) is 53.3. The Hall–Kier alpha value is -1.00. The van der Waals surface area contributed by atoms with Crippen LogP contribution in [0.25, 0.3) is 0 Å². The van der Waals surface area contributed by atoms with E-state index in [1.807, 2.05) is 0 Å². The Morgan fingerprint density at radius 1 is 0.352 bits per heavy atom. The van der Waals surface area contributed by atoms with Crippen molar-refractivity contribution >= 4 is 0 Å². The molecule has 54 heavy (non-hydrogen) atoms. The molecule has 25 nitrogen and oxygen atoms in total. The molecule has 0 spiro atoms. The Balaban J connectivity index is 1.43. The Morgan fingerprint density at radius 3 is 1.37 bits per heavy atom. The molecule has 0 radical (unpaired) electrons. The average Bonchev–Trinajstić information content (AvgIpc) is 3.16. The van der Waals surface area contributed by atoms with Crippen LogP contribution in [0.1, 0.15) is 0 Å². The standard InChI is InChI=1S/C29H50O25/c30-1-7-12(36)14(38)19(43)27(48-7)51-22-10(4-33)50-28(20(44)16(22)40)54-24-23(53-26-18(42)11(35)6(34)5-46-26)13(37)8(2-31)49-29(24)52-21-9(3-32)47-25(45)17(41)15(21)39/h6-45H,1-5H2/t6-,7-,8-,9-,10-,11+,12-,13-,14+,15-,16-,17-,18-,19-,20-,21+,22+,23+,24-,25-,26+,27+,28+,29+/m1/s1. The predicted molar refractivity (Wildman–Crippen MR) is 161 cm³/mol. The van der Waals surface area contributed by atoms with E-state index < -0.39 is 180 Å². The molecular formula is C29H50O25. The van der Waals surface area contributed by atoms with Gasteiger partial charge in [0.1, 0.15) is 116 Å². The fourth-order valence-corrected chi connectivity index (χ4v) is 6.72. The zero-order chi connectivity index (χ0) is 39.8. The molecule has 0 amide bonds. The lowest BCUT2D eigenvalue weighted by Gasteiger charge is -2.50. The van der Waals surface area contributed by atoms with Crippen LogP contribution in [0.5, 0.6) is 0 Å². The quantitative estimate of drug-likeness (QED) is 0.0871. The highest BCUT2D eigenvalue weighted by Gasteiger charge is 2.57. The van der Waals surface area contributed by atoms with Gasteiger partial charge in [0.2, 0.25) is 0 Å². The maximum absolute atomic E-state index is 11.3. The lowest BCUT2D eigenvalue weighted by molar-refractivity contribution is -0.407. The van der Waals surface area contributed by atoms with Crippen molar-refractivity contribution in [3.63, 3.8) is 0 Å². The van der Waals surface area contributed by atoms with Gasteiger partial charge in [-0.15, -0.1) is 0 Å². The number of ether oxygens (including phenoxy) is 9. The van der Waals surface area contributed by atoms with E-state index in [1.165, 1.54) is 0 Å². The van der Waals surface area contributed by atoms with E-state index in [-0.39, 0.29) is 0 Å². The van der Waals surface area contributed by atoms with Crippen LogP contribution in [0.15, 0.2) is 0 Å². The van der Waals surface area contributed by atoms with Crippen molar-refractivity contribution in [2.45, 2.75) is 147 Å². The molecule has 25 heteroatoms. The molecule has 0 aromatic rings. The summed E-state index contributed by atoms with van der Waals surface area (Å²) in [6, 6.07) is 0. The molecule has 5 aliphatic heterocycles. The first-order valence-corrected chi connectivity index (χ1v) is 17.0. The zero-order valence-corrected chi connectivity index (χ0v) is 28.2. The first-order chi connectivity index (χ1) is 25.6. The van der Waals surface area contributed by atoms with Gasteiger partial charge < -0.3 is 124 Å². The third kappa shape index (κ3) is 8.85. The molecule has 5 heterocycles. The third-order valence-electron chi connectivity index (χ3n) is 9.93. The number of rotatable bonds is 12. The van der Waals surface area contributed by atoms with Crippen LogP contribution in [-0.2, 0) is 42.6 Å². The van der Waals surface area contributed by atoms with Gasteiger partial charge >= 0.3 is 0 Å². The van der Waals surface area contributed by atoms with Crippen molar-refractivity contribution in [1.29, 1.82) is 0 Å². The second-order valence-electron chi connectivity index (χ2n) is 13.5. The van der Waals surface area contributed by atoms with E-state index >= 15 is 0 Å². The second-order valence-corrected chi connectivity index (χ2v) is 13.5. The lowest BCUT2D eigenvalue weighted by Crippen LogP contribution is -2.68. The van der Waals surface area contributed by atoms with Crippen LogP contribution < -0.4 is 0 Å². The molecule has 0 aromatic heterocycles. The van der Waals surface area contributed by atoms with Gasteiger partial charge in [0, 0.05) is 0 Å². The molecule has 24 atom stereocenters. The molecule has 5 aliphatic rings. The van der Waals surface area contributed by atoms with Crippen molar-refractivity contribution in [3.8, 4) is 0 Å². The summed E-state index contributed by atoms with van der Waals surface area (Å²) in [4.78, 5) is 0. The van der Waals surface area contributed by atoms with E-state index in [0.29, 0.717) is 0 Å². The first-order valence-electron chi connectivity index (χ1n) is 17.0. The topological polar surface area (TPSA) is 407 Å². The minimum Gasteiger partial charge on any atom is -0.394 e.